The van der Waals surface area contributed by atoms with E-state index in [0.717, 1.165) is 5.69 Å². The summed E-state index contributed by atoms with van der Waals surface area (Å²) in [4.78, 5) is 11.7. The molecule has 0 aliphatic rings. The van der Waals surface area contributed by atoms with E-state index in [1.807, 2.05) is 33.8 Å². The lowest BCUT2D eigenvalue weighted by molar-refractivity contribution is 0.535. The highest BCUT2D eigenvalue weighted by Gasteiger charge is 2.11. The maximum Gasteiger partial charge on any atom is 0.252 e. The summed E-state index contributed by atoms with van der Waals surface area (Å²) in [6.07, 6.45) is 0. The molecule has 16 heavy (non-hydrogen) atoms. The molecule has 0 spiro atoms. The van der Waals surface area contributed by atoms with Crippen molar-refractivity contribution in [2.24, 2.45) is 0 Å². The third kappa shape index (κ3) is 3.67. The van der Waals surface area contributed by atoms with E-state index in [9.17, 15) is 4.79 Å². The highest BCUT2D eigenvalue weighted by atomic mass is 35.5. The van der Waals surface area contributed by atoms with Gasteiger partial charge in [0.1, 0.15) is 0 Å². The van der Waals surface area contributed by atoms with Gasteiger partial charge in [-0.05, 0) is 25.8 Å². The minimum Gasteiger partial charge on any atom is -0.310 e. The van der Waals surface area contributed by atoms with Gasteiger partial charge in [0.25, 0.3) is 5.56 Å². The first-order chi connectivity index (χ1) is 7.43. The average molecular weight is 244 g/mol. The fraction of sp³-hybridized carbons (Fsp3) is 0.615. The van der Waals surface area contributed by atoms with Crippen molar-refractivity contribution in [3.63, 3.8) is 0 Å². The topological polar surface area (TPSA) is 22.0 Å². The number of halogens is 1. The molecule has 0 saturated heterocycles. The van der Waals surface area contributed by atoms with E-state index in [1.165, 1.54) is 6.07 Å². The van der Waals surface area contributed by atoms with Crippen LogP contribution < -0.4 is 5.56 Å². The van der Waals surface area contributed by atoms with E-state index in [2.05, 4.69) is 13.8 Å². The summed E-state index contributed by atoms with van der Waals surface area (Å²) in [5, 5.41) is 0.524. The number of hydrogen-bond acceptors (Lipinski definition) is 1. The Labute approximate surface area is 103 Å². The molecule has 0 N–H and O–H groups in total. The van der Waals surface area contributed by atoms with E-state index in [0.29, 0.717) is 10.9 Å². The average Bonchev–Trinajstić information content (AvgIpc) is 2.18. The van der Waals surface area contributed by atoms with Gasteiger partial charge in [0.2, 0.25) is 0 Å². The lowest BCUT2D eigenvalue weighted by Crippen LogP contribution is -2.25. The second kappa shape index (κ2) is 6.74. The summed E-state index contributed by atoms with van der Waals surface area (Å²) in [5.41, 5.74) is 0.980. The van der Waals surface area contributed by atoms with Gasteiger partial charge in [-0.25, -0.2) is 0 Å². The van der Waals surface area contributed by atoms with Crippen LogP contribution in [-0.4, -0.2) is 4.57 Å². The number of aromatic nitrogens is 1. The van der Waals surface area contributed by atoms with E-state index < -0.39 is 0 Å². The molecule has 0 radical (unpaired) electrons. The van der Waals surface area contributed by atoms with Gasteiger partial charge in [-0.2, -0.15) is 0 Å². The molecule has 1 aromatic rings. The maximum atomic E-state index is 11.7. The SMILES string of the molecule is CC.CC(C)c1cc(Cl)cc(=O)n1C(C)C. The zero-order valence-electron chi connectivity index (χ0n) is 11.0. The zero-order valence-corrected chi connectivity index (χ0v) is 11.8. The van der Waals surface area contributed by atoms with Gasteiger partial charge in [-0.1, -0.05) is 39.3 Å². The van der Waals surface area contributed by atoms with Crippen LogP contribution in [0.1, 0.15) is 59.2 Å². The summed E-state index contributed by atoms with van der Waals surface area (Å²) < 4.78 is 1.79. The molecule has 0 unspecified atom stereocenters. The van der Waals surface area contributed by atoms with Gasteiger partial charge >= 0.3 is 0 Å². The maximum absolute atomic E-state index is 11.7. The van der Waals surface area contributed by atoms with Crippen molar-refractivity contribution in [2.75, 3.05) is 0 Å². The first-order valence-electron chi connectivity index (χ1n) is 5.85. The smallest absolute Gasteiger partial charge is 0.252 e. The van der Waals surface area contributed by atoms with Crippen LogP contribution in [0.25, 0.3) is 0 Å². The van der Waals surface area contributed by atoms with Crippen LogP contribution in [0.4, 0.5) is 0 Å². The number of nitrogens with zero attached hydrogens (tertiary/aromatic N) is 1. The Bertz CT molecular complexity index is 380. The lowest BCUT2D eigenvalue weighted by Gasteiger charge is -2.18. The van der Waals surface area contributed by atoms with Crippen molar-refractivity contribution in [1.82, 2.24) is 4.57 Å². The Hall–Kier alpha value is -0.760. The first-order valence-corrected chi connectivity index (χ1v) is 6.23. The molecule has 0 aliphatic carbocycles. The summed E-state index contributed by atoms with van der Waals surface area (Å²) in [5.74, 6) is 0.309. The van der Waals surface area contributed by atoms with Crippen LogP contribution in [0.5, 0.6) is 0 Å². The molecule has 3 heteroatoms. The van der Waals surface area contributed by atoms with Crippen LogP contribution in [0.2, 0.25) is 5.02 Å². The molecule has 0 aliphatic heterocycles. The number of rotatable bonds is 2. The molecular weight excluding hydrogens is 222 g/mol. The fourth-order valence-corrected chi connectivity index (χ4v) is 1.77. The van der Waals surface area contributed by atoms with Crippen molar-refractivity contribution >= 4 is 11.6 Å². The van der Waals surface area contributed by atoms with E-state index in [4.69, 9.17) is 11.6 Å². The third-order valence-electron chi connectivity index (χ3n) is 2.17. The quantitative estimate of drug-likeness (QED) is 0.762. The predicted octanol–water partition coefficient (Wildman–Crippen LogP) is 4.23. The molecule has 0 fully saturated rings. The second-order valence-electron chi connectivity index (χ2n) is 4.06. The summed E-state index contributed by atoms with van der Waals surface area (Å²) in [6, 6.07) is 3.51. The molecule has 0 bridgehead atoms. The Morgan fingerprint density at radius 2 is 1.62 bits per heavy atom. The van der Waals surface area contributed by atoms with Crippen molar-refractivity contribution in [3.8, 4) is 0 Å². The van der Waals surface area contributed by atoms with Gasteiger partial charge in [-0.3, -0.25) is 4.79 Å². The fourth-order valence-electron chi connectivity index (χ4n) is 1.56. The normalized spacial score (nSPS) is 10.3. The molecular formula is C13H22ClNO. The molecule has 0 atom stereocenters. The van der Waals surface area contributed by atoms with Gasteiger partial charge < -0.3 is 4.57 Å². The Kier molecular flexibility index (Phi) is 6.42. The summed E-state index contributed by atoms with van der Waals surface area (Å²) in [7, 11) is 0. The highest BCUT2D eigenvalue weighted by Crippen LogP contribution is 2.19. The van der Waals surface area contributed by atoms with E-state index >= 15 is 0 Å². The predicted molar refractivity (Wildman–Crippen MR) is 71.5 cm³/mol. The van der Waals surface area contributed by atoms with Gasteiger partial charge in [-0.15, -0.1) is 0 Å². The van der Waals surface area contributed by atoms with Gasteiger partial charge in [0.05, 0.1) is 0 Å². The number of pyridine rings is 1. The molecule has 1 rings (SSSR count). The Balaban J connectivity index is 0.00000106. The van der Waals surface area contributed by atoms with E-state index in [1.54, 1.807) is 4.57 Å². The minimum atomic E-state index is -0.0174. The van der Waals surface area contributed by atoms with Crippen LogP contribution >= 0.6 is 11.6 Å². The molecule has 0 aromatic carbocycles. The largest absolute Gasteiger partial charge is 0.310 e. The summed E-state index contributed by atoms with van der Waals surface area (Å²) >= 11 is 5.86. The van der Waals surface area contributed by atoms with Crippen LogP contribution in [0, 0.1) is 0 Å². The molecule has 1 heterocycles. The van der Waals surface area contributed by atoms with Crippen molar-refractivity contribution in [2.45, 2.75) is 53.5 Å². The van der Waals surface area contributed by atoms with Crippen molar-refractivity contribution < 1.29 is 0 Å². The molecule has 92 valence electrons. The molecule has 1 aromatic heterocycles. The van der Waals surface area contributed by atoms with Gasteiger partial charge in [0.15, 0.2) is 0 Å². The zero-order chi connectivity index (χ0) is 12.9. The molecule has 2 nitrogen and oxygen atoms in total. The highest BCUT2D eigenvalue weighted by molar-refractivity contribution is 6.30. The molecule has 0 saturated carbocycles. The monoisotopic (exact) mass is 243 g/mol. The van der Waals surface area contributed by atoms with Crippen molar-refractivity contribution in [1.29, 1.82) is 0 Å². The van der Waals surface area contributed by atoms with E-state index in [-0.39, 0.29) is 11.6 Å². The Morgan fingerprint density at radius 3 is 2.00 bits per heavy atom. The lowest BCUT2D eigenvalue weighted by atomic mass is 10.1. The Morgan fingerprint density at radius 1 is 1.12 bits per heavy atom. The summed E-state index contributed by atoms with van der Waals surface area (Å²) in [6.45, 7) is 12.1. The minimum absolute atomic E-state index is 0.0174. The van der Waals surface area contributed by atoms with Crippen LogP contribution in [-0.2, 0) is 0 Å². The van der Waals surface area contributed by atoms with Crippen LogP contribution in [0.15, 0.2) is 16.9 Å². The standard InChI is InChI=1S/C11H16ClNO.C2H6/c1-7(2)10-5-9(12)6-11(14)13(10)8(3)4;1-2/h5-8H,1-4H3;1-2H3. The van der Waals surface area contributed by atoms with Gasteiger partial charge in [0, 0.05) is 22.8 Å². The second-order valence-corrected chi connectivity index (χ2v) is 4.49. The number of hydrogen-bond donors (Lipinski definition) is 0. The third-order valence-corrected chi connectivity index (χ3v) is 2.39. The van der Waals surface area contributed by atoms with Crippen molar-refractivity contribution in [3.05, 3.63) is 33.2 Å². The molecule has 0 amide bonds. The van der Waals surface area contributed by atoms with Crippen LogP contribution in [0.3, 0.4) is 0 Å². The first kappa shape index (κ1) is 15.2.